The van der Waals surface area contributed by atoms with E-state index < -0.39 is 16.2 Å². The smallest absolute Gasteiger partial charge is 0.297 e. The number of benzene rings is 2. The van der Waals surface area contributed by atoms with Crippen molar-refractivity contribution in [2.24, 2.45) is 0 Å². The molecular weight excluding hydrogens is 335 g/mol. The molecule has 0 amide bonds. The normalized spacial score (nSPS) is 12.8. The van der Waals surface area contributed by atoms with Gasteiger partial charge in [0.05, 0.1) is 4.90 Å². The monoisotopic (exact) mass is 354 g/mol. The fourth-order valence-corrected chi connectivity index (χ4v) is 3.13. The highest BCUT2D eigenvalue weighted by Gasteiger charge is 2.22. The topological polar surface area (TPSA) is 72.8 Å². The van der Waals surface area contributed by atoms with Gasteiger partial charge in [0.2, 0.25) is 0 Å². The van der Waals surface area contributed by atoms with Gasteiger partial charge >= 0.3 is 0 Å². The van der Waals surface area contributed by atoms with Crippen LogP contribution in [0.4, 0.5) is 4.39 Å². The van der Waals surface area contributed by atoms with Crippen molar-refractivity contribution in [3.05, 3.63) is 60.4 Å². The molecule has 0 aliphatic rings. The van der Waals surface area contributed by atoms with E-state index >= 15 is 0 Å². The van der Waals surface area contributed by atoms with Crippen molar-refractivity contribution in [1.29, 1.82) is 0 Å². The molecule has 1 N–H and O–H groups in total. The molecule has 2 rings (SSSR count). The Hall–Kier alpha value is -1.96. The standard InChI is InChI=1S/C17H19FO5S/c18-14-8-10-15(11-9-14)22-13-16(5-4-12-19)23-24(20,21)17-6-2-1-3-7-17/h1-3,6-11,16,19H,4-5,12-13H2/t16-/m1/s1. The van der Waals surface area contributed by atoms with Gasteiger partial charge in [0.15, 0.2) is 0 Å². The molecule has 2 aromatic rings. The summed E-state index contributed by atoms with van der Waals surface area (Å²) in [5, 5.41) is 8.96. The summed E-state index contributed by atoms with van der Waals surface area (Å²) in [7, 11) is -3.92. The maximum Gasteiger partial charge on any atom is 0.297 e. The Morgan fingerprint density at radius 3 is 2.33 bits per heavy atom. The van der Waals surface area contributed by atoms with Crippen LogP contribution < -0.4 is 4.74 Å². The summed E-state index contributed by atoms with van der Waals surface area (Å²) in [5.74, 6) is 0.0215. The van der Waals surface area contributed by atoms with E-state index in [-0.39, 0.29) is 23.9 Å². The predicted octanol–water partition coefficient (Wildman–Crippen LogP) is 2.75. The second-order valence-corrected chi connectivity index (χ2v) is 6.69. The van der Waals surface area contributed by atoms with Gasteiger partial charge in [-0.3, -0.25) is 4.18 Å². The van der Waals surface area contributed by atoms with Crippen LogP contribution in [0.1, 0.15) is 12.8 Å². The quantitative estimate of drug-likeness (QED) is 0.701. The first-order valence-electron chi connectivity index (χ1n) is 7.49. The third-order valence-corrected chi connectivity index (χ3v) is 4.60. The number of aliphatic hydroxyl groups excluding tert-OH is 1. The summed E-state index contributed by atoms with van der Waals surface area (Å²) in [5.41, 5.74) is 0. The summed E-state index contributed by atoms with van der Waals surface area (Å²) in [6.45, 7) is -0.112. The molecule has 0 fully saturated rings. The van der Waals surface area contributed by atoms with Crippen molar-refractivity contribution in [3.8, 4) is 5.75 Å². The maximum atomic E-state index is 12.9. The lowest BCUT2D eigenvalue weighted by molar-refractivity contribution is 0.118. The molecule has 24 heavy (non-hydrogen) atoms. The first-order valence-corrected chi connectivity index (χ1v) is 8.89. The lowest BCUT2D eigenvalue weighted by Crippen LogP contribution is -2.25. The zero-order valence-corrected chi connectivity index (χ0v) is 13.8. The third-order valence-electron chi connectivity index (χ3n) is 3.23. The zero-order chi connectivity index (χ0) is 17.4. The molecular formula is C17H19FO5S. The number of ether oxygens (including phenoxy) is 1. The maximum absolute atomic E-state index is 12.9. The lowest BCUT2D eigenvalue weighted by atomic mass is 10.2. The van der Waals surface area contributed by atoms with Crippen molar-refractivity contribution in [2.75, 3.05) is 13.2 Å². The molecule has 0 aliphatic carbocycles. The predicted molar refractivity (Wildman–Crippen MR) is 86.7 cm³/mol. The van der Waals surface area contributed by atoms with E-state index in [4.69, 9.17) is 14.0 Å². The number of rotatable bonds is 9. The van der Waals surface area contributed by atoms with Gasteiger partial charge < -0.3 is 9.84 Å². The molecule has 0 unspecified atom stereocenters. The zero-order valence-electron chi connectivity index (χ0n) is 13.0. The third kappa shape index (κ3) is 5.59. The SMILES string of the molecule is O=S(=O)(O[C@H](CCCO)COc1ccc(F)cc1)c1ccccc1. The number of halogens is 1. The van der Waals surface area contributed by atoms with Gasteiger partial charge in [-0.25, -0.2) is 4.39 Å². The molecule has 0 radical (unpaired) electrons. The summed E-state index contributed by atoms with van der Waals surface area (Å²) < 4.78 is 48.1. The average molecular weight is 354 g/mol. The Bertz CT molecular complexity index is 716. The van der Waals surface area contributed by atoms with Crippen LogP contribution in [0.3, 0.4) is 0 Å². The van der Waals surface area contributed by atoms with Crippen molar-refractivity contribution < 1.29 is 26.8 Å². The molecule has 0 heterocycles. The van der Waals surface area contributed by atoms with Crippen molar-refractivity contribution >= 4 is 10.1 Å². The molecule has 0 bridgehead atoms. The fourth-order valence-electron chi connectivity index (χ4n) is 2.02. The van der Waals surface area contributed by atoms with E-state index in [2.05, 4.69) is 0 Å². The van der Waals surface area contributed by atoms with Crippen molar-refractivity contribution in [1.82, 2.24) is 0 Å². The van der Waals surface area contributed by atoms with E-state index in [1.165, 1.54) is 36.4 Å². The van der Waals surface area contributed by atoms with Crippen LogP contribution >= 0.6 is 0 Å². The summed E-state index contributed by atoms with van der Waals surface area (Å²) >= 11 is 0. The van der Waals surface area contributed by atoms with Crippen LogP contribution in [0.25, 0.3) is 0 Å². The van der Waals surface area contributed by atoms with Gasteiger partial charge in [-0.1, -0.05) is 18.2 Å². The van der Waals surface area contributed by atoms with Crippen LogP contribution in [-0.2, 0) is 14.3 Å². The fraction of sp³-hybridized carbons (Fsp3) is 0.294. The molecule has 1 atom stereocenters. The van der Waals surface area contributed by atoms with Crippen LogP contribution in [0.15, 0.2) is 59.5 Å². The van der Waals surface area contributed by atoms with Crippen LogP contribution in [-0.4, -0.2) is 32.8 Å². The molecule has 0 aromatic heterocycles. The highest BCUT2D eigenvalue weighted by atomic mass is 32.2. The Balaban J connectivity index is 2.03. The Kier molecular flexibility index (Phi) is 6.72. The lowest BCUT2D eigenvalue weighted by Gasteiger charge is -2.18. The minimum Gasteiger partial charge on any atom is -0.491 e. The van der Waals surface area contributed by atoms with Crippen LogP contribution in [0.5, 0.6) is 5.75 Å². The summed E-state index contributed by atoms with van der Waals surface area (Å²) in [4.78, 5) is 0.0563. The molecule has 0 spiro atoms. The van der Waals surface area contributed by atoms with Gasteiger partial charge in [-0.15, -0.1) is 0 Å². The minimum absolute atomic E-state index is 0.0301. The molecule has 0 saturated heterocycles. The van der Waals surface area contributed by atoms with Crippen molar-refractivity contribution in [3.63, 3.8) is 0 Å². The number of hydrogen-bond acceptors (Lipinski definition) is 5. The largest absolute Gasteiger partial charge is 0.491 e. The summed E-state index contributed by atoms with van der Waals surface area (Å²) in [6.07, 6.45) is -0.0710. The second-order valence-electron chi connectivity index (χ2n) is 5.12. The highest BCUT2D eigenvalue weighted by Crippen LogP contribution is 2.18. The average Bonchev–Trinajstić information content (AvgIpc) is 2.59. The number of aliphatic hydroxyl groups is 1. The Morgan fingerprint density at radius 2 is 1.71 bits per heavy atom. The molecule has 130 valence electrons. The van der Waals surface area contributed by atoms with Gasteiger partial charge in [-0.2, -0.15) is 8.42 Å². The van der Waals surface area contributed by atoms with Gasteiger partial charge in [0, 0.05) is 6.61 Å². The van der Waals surface area contributed by atoms with E-state index in [9.17, 15) is 12.8 Å². The van der Waals surface area contributed by atoms with Crippen molar-refractivity contribution in [2.45, 2.75) is 23.8 Å². The van der Waals surface area contributed by atoms with Gasteiger partial charge in [0.25, 0.3) is 10.1 Å². The number of hydrogen-bond donors (Lipinski definition) is 1. The molecule has 2 aromatic carbocycles. The molecule has 0 aliphatic heterocycles. The molecule has 0 saturated carbocycles. The minimum atomic E-state index is -3.92. The Labute approximate surface area is 140 Å². The van der Waals surface area contributed by atoms with Gasteiger partial charge in [-0.05, 0) is 49.2 Å². The summed E-state index contributed by atoms with van der Waals surface area (Å²) in [6, 6.07) is 13.2. The first-order chi connectivity index (χ1) is 11.5. The van der Waals surface area contributed by atoms with E-state index in [1.54, 1.807) is 18.2 Å². The Morgan fingerprint density at radius 1 is 1.04 bits per heavy atom. The van der Waals surface area contributed by atoms with Crippen LogP contribution in [0.2, 0.25) is 0 Å². The van der Waals surface area contributed by atoms with Gasteiger partial charge in [0.1, 0.15) is 24.3 Å². The van der Waals surface area contributed by atoms with E-state index in [0.717, 1.165) is 0 Å². The second kappa shape index (κ2) is 8.77. The first kappa shape index (κ1) is 18.4. The van der Waals surface area contributed by atoms with E-state index in [1.807, 2.05) is 0 Å². The van der Waals surface area contributed by atoms with Crippen LogP contribution in [0, 0.1) is 5.82 Å². The highest BCUT2D eigenvalue weighted by molar-refractivity contribution is 7.86. The molecule has 5 nitrogen and oxygen atoms in total. The molecule has 7 heteroatoms. The van der Waals surface area contributed by atoms with E-state index in [0.29, 0.717) is 18.6 Å².